The SMILES string of the molecule is Cc1cc(-n2c3ccccc3c3cccc(C)c32)[n+](C)cc1C.Cc1cc[n+](C)c(-n2c3ccccc3c3cccc(C)c32)c1.Cc1ccc(-n2c3ccccc3c3cccc(C)c32)[n+](C)c1.Cc1cccc2c3ccccc3n(-c3cc(C(C)(C)C)cc[n+]3C)c12.[2H]C([2H])([2H])c1cc(-n2c3ccccc3c3cccc(C)c32)[n+](C)cc1C([2H])([2H])[2H]. The molecule has 570 valence electrons. The van der Waals surface area contributed by atoms with E-state index in [0.717, 1.165) is 27.4 Å². The van der Waals surface area contributed by atoms with Crippen LogP contribution >= 0.6 is 0 Å². The summed E-state index contributed by atoms with van der Waals surface area (Å²) >= 11 is 0. The van der Waals surface area contributed by atoms with Gasteiger partial charge in [0.25, 0.3) is 29.1 Å². The highest BCUT2D eigenvalue weighted by Crippen LogP contribution is 2.39. The fraction of sp³-hybridized carbons (Fsp3) is 0.190. The Labute approximate surface area is 684 Å². The summed E-state index contributed by atoms with van der Waals surface area (Å²) < 4.78 is 69.2. The molecule has 0 aliphatic heterocycles. The molecule has 10 nitrogen and oxygen atoms in total. The molecule has 10 aromatic carbocycles. The van der Waals surface area contributed by atoms with Gasteiger partial charge < -0.3 is 0 Å². The summed E-state index contributed by atoms with van der Waals surface area (Å²) in [4.78, 5) is 0. The molecular weight excluding hydrogens is 1400 g/mol. The van der Waals surface area contributed by atoms with Crippen LogP contribution in [0.3, 0.4) is 0 Å². The molecule has 0 radical (unpaired) electrons. The predicted octanol–water partition coefficient (Wildman–Crippen LogP) is 22.7. The highest BCUT2D eigenvalue weighted by Gasteiger charge is 2.29. The first-order chi connectivity index (χ1) is 57.8. The number of aryl methyl sites for hydroxylation is 16. The number of pyridine rings is 5. The van der Waals surface area contributed by atoms with Crippen molar-refractivity contribution in [1.29, 1.82) is 0 Å². The van der Waals surface area contributed by atoms with Gasteiger partial charge in [-0.1, -0.05) is 142 Å². The molecule has 0 aliphatic carbocycles. The van der Waals surface area contributed by atoms with Crippen molar-refractivity contribution in [2.24, 2.45) is 35.2 Å². The number of fused-ring (bicyclic) bond motifs is 15. The number of hydrogen-bond donors (Lipinski definition) is 0. The standard InChI is InChI=1S/C23H25N2.2C21H21N2.2C20H19N2/c1-16-9-8-11-19-18-10-6-7-12-20(18)25(22(16)19)21-15-17(23(2,3)4)13-14-24(21)5;2*1-14-8-7-10-18-17-9-5-6-11-19(17)23(21(14)18)20-12-15(2)16(3)13-22(20)4;1-14-11-12-21(3)19(13-14)22-18-10-5-4-8-16(18)17-9-6-7-15(2)20(17)22;1-14-11-12-19(21(3)13-14)22-18-10-5-4-8-16(18)17-9-6-7-15(2)20(17)22/h6-15H,1-5H3;2*5-13H,1-4H3;2*4-13H,1-3H3/q5*+1/i;2D3,3D3;;;. The summed E-state index contributed by atoms with van der Waals surface area (Å²) in [6, 6.07) is 92.0. The average molecular weight is 1510 g/mol. The third kappa shape index (κ3) is 13.7. The summed E-state index contributed by atoms with van der Waals surface area (Å²) in [6.45, 7) is 21.1. The van der Waals surface area contributed by atoms with Gasteiger partial charge in [-0.2, -0.15) is 22.8 Å². The normalized spacial score (nSPS) is 12.6. The maximum Gasteiger partial charge on any atom is 0.286 e. The van der Waals surface area contributed by atoms with E-state index in [-0.39, 0.29) is 16.5 Å². The lowest BCUT2D eigenvalue weighted by Crippen LogP contribution is -2.34. The Morgan fingerprint density at radius 3 is 0.878 bits per heavy atom. The van der Waals surface area contributed by atoms with E-state index in [1.807, 2.05) is 54.0 Å². The van der Waals surface area contributed by atoms with Crippen LogP contribution < -0.4 is 22.8 Å². The Bertz CT molecular complexity index is 7480. The van der Waals surface area contributed by atoms with E-state index in [2.05, 4.69) is 378 Å². The van der Waals surface area contributed by atoms with Crippen LogP contribution in [0.5, 0.6) is 0 Å². The molecule has 0 aliphatic rings. The van der Waals surface area contributed by atoms with Crippen molar-refractivity contribution < 1.29 is 31.1 Å². The predicted molar refractivity (Wildman–Crippen MR) is 481 cm³/mol. The first-order valence-corrected chi connectivity index (χ1v) is 39.7. The fourth-order valence-corrected chi connectivity index (χ4v) is 17.2. The van der Waals surface area contributed by atoms with Crippen molar-refractivity contribution in [3.8, 4) is 29.1 Å². The van der Waals surface area contributed by atoms with Crippen LogP contribution in [0.1, 0.15) is 95.8 Å². The Morgan fingerprint density at radius 1 is 0.235 bits per heavy atom. The second-order valence-corrected chi connectivity index (χ2v) is 32.3. The number of hydrogen-bond acceptors (Lipinski definition) is 0. The van der Waals surface area contributed by atoms with Crippen LogP contribution in [-0.4, -0.2) is 22.8 Å². The summed E-state index contributed by atoms with van der Waals surface area (Å²) in [5, 5.41) is 12.6. The molecule has 0 saturated heterocycles. The van der Waals surface area contributed by atoms with Crippen molar-refractivity contribution in [1.82, 2.24) is 22.8 Å². The smallest absolute Gasteiger partial charge is 0.237 e. The lowest BCUT2D eigenvalue weighted by molar-refractivity contribution is -0.665. The van der Waals surface area contributed by atoms with E-state index in [9.17, 15) is 0 Å². The molecule has 10 aromatic heterocycles. The molecule has 0 spiro atoms. The molecule has 10 heterocycles. The molecular formula is C105H105N10+5. The molecule has 115 heavy (non-hydrogen) atoms. The molecule has 0 N–H and O–H groups in total. The van der Waals surface area contributed by atoms with Crippen molar-refractivity contribution in [2.75, 3.05) is 0 Å². The number of aromatic nitrogens is 10. The van der Waals surface area contributed by atoms with Gasteiger partial charge in [0.2, 0.25) is 0 Å². The van der Waals surface area contributed by atoms with E-state index >= 15 is 0 Å². The first-order valence-electron chi connectivity index (χ1n) is 42.7. The van der Waals surface area contributed by atoms with E-state index in [4.69, 9.17) is 8.22 Å². The molecule has 20 aromatic rings. The van der Waals surface area contributed by atoms with Crippen LogP contribution in [0.25, 0.3) is 138 Å². The van der Waals surface area contributed by atoms with Crippen LogP contribution in [-0.2, 0) is 40.7 Å². The van der Waals surface area contributed by atoms with Crippen LogP contribution in [0.15, 0.2) is 292 Å². The molecule has 20 rings (SSSR count). The number of para-hydroxylation sites is 10. The molecule has 0 bridgehead atoms. The molecule has 10 heteroatoms. The maximum absolute atomic E-state index is 7.92. The molecule has 0 fully saturated rings. The zero-order valence-corrected chi connectivity index (χ0v) is 69.2. The minimum atomic E-state index is -2.54. The average Bonchev–Trinajstić information content (AvgIpc) is 1.65. The monoisotopic (exact) mass is 1510 g/mol. The Kier molecular flexibility index (Phi) is 18.2. The van der Waals surface area contributed by atoms with Gasteiger partial charge in [-0.05, 0) is 257 Å². The van der Waals surface area contributed by atoms with E-state index < -0.39 is 13.7 Å². The minimum Gasteiger partial charge on any atom is -0.237 e. The van der Waals surface area contributed by atoms with Gasteiger partial charge in [0.1, 0.15) is 55.2 Å². The topological polar surface area (TPSA) is 44.0 Å². The zero-order chi connectivity index (χ0) is 85.6. The highest BCUT2D eigenvalue weighted by atomic mass is 15.2. The zero-order valence-electron chi connectivity index (χ0n) is 75.2. The van der Waals surface area contributed by atoms with Crippen molar-refractivity contribution >= 4 is 109 Å². The number of rotatable bonds is 5. The van der Waals surface area contributed by atoms with Gasteiger partial charge >= 0.3 is 0 Å². The molecule has 0 saturated carbocycles. The quantitative estimate of drug-likeness (QED) is 0.154. The molecule has 0 atom stereocenters. The van der Waals surface area contributed by atoms with Crippen LogP contribution in [0.4, 0.5) is 0 Å². The van der Waals surface area contributed by atoms with Gasteiger partial charge in [-0.15, -0.1) is 0 Å². The van der Waals surface area contributed by atoms with E-state index in [1.54, 1.807) is 11.6 Å². The van der Waals surface area contributed by atoms with Gasteiger partial charge in [0.15, 0.2) is 0 Å². The van der Waals surface area contributed by atoms with E-state index in [1.165, 1.54) is 173 Å². The highest BCUT2D eigenvalue weighted by molar-refractivity contribution is 6.14. The third-order valence-corrected chi connectivity index (χ3v) is 23.1. The second kappa shape index (κ2) is 30.5. The second-order valence-electron chi connectivity index (χ2n) is 32.3. The van der Waals surface area contributed by atoms with Gasteiger partial charge in [-0.25, -0.2) is 22.8 Å². The maximum atomic E-state index is 7.92. The number of nitrogens with zero attached hydrogens (tertiary/aromatic N) is 10. The van der Waals surface area contributed by atoms with Crippen LogP contribution in [0.2, 0.25) is 0 Å². The van der Waals surface area contributed by atoms with Crippen molar-refractivity contribution in [3.05, 3.63) is 359 Å². The summed E-state index contributed by atoms with van der Waals surface area (Å²) in [5.74, 6) is 5.39. The van der Waals surface area contributed by atoms with Gasteiger partial charge in [0, 0.05) is 92.4 Å². The Hall–Kier alpha value is -13.1. The summed E-state index contributed by atoms with van der Waals surface area (Å²) in [5.41, 5.74) is 24.7. The Morgan fingerprint density at radius 2 is 0.530 bits per heavy atom. The minimum absolute atomic E-state index is 0.122. The van der Waals surface area contributed by atoms with Crippen molar-refractivity contribution in [3.63, 3.8) is 0 Å². The Balaban J connectivity index is 0.000000113. The fourth-order valence-electron chi connectivity index (χ4n) is 17.2. The molecule has 0 amide bonds. The third-order valence-electron chi connectivity index (χ3n) is 23.1. The molecule has 0 unspecified atom stereocenters. The van der Waals surface area contributed by atoms with Gasteiger partial charge in [-0.3, -0.25) is 0 Å². The van der Waals surface area contributed by atoms with Crippen LogP contribution in [0, 0.1) is 76.0 Å². The van der Waals surface area contributed by atoms with Crippen molar-refractivity contribution in [2.45, 2.75) is 102 Å². The summed E-state index contributed by atoms with van der Waals surface area (Å²) in [6.07, 6.45) is 10.1. The summed E-state index contributed by atoms with van der Waals surface area (Å²) in [7, 11) is 10.2. The van der Waals surface area contributed by atoms with E-state index in [0.29, 0.717) is 5.82 Å². The largest absolute Gasteiger partial charge is 0.286 e. The lowest BCUT2D eigenvalue weighted by atomic mass is 9.88. The first kappa shape index (κ1) is 68.7. The van der Waals surface area contributed by atoms with Gasteiger partial charge in [0.05, 0.1) is 66.2 Å². The lowest BCUT2D eigenvalue weighted by Gasteiger charge is -2.19. The number of benzene rings is 10.